The van der Waals surface area contributed by atoms with Crippen molar-refractivity contribution in [2.75, 3.05) is 37.9 Å². The van der Waals surface area contributed by atoms with Crippen LogP contribution in [-0.4, -0.2) is 40.5 Å². The van der Waals surface area contributed by atoms with Gasteiger partial charge in [0.15, 0.2) is 0 Å². The number of nitrogens with two attached hydrogens (primary N) is 1. The van der Waals surface area contributed by atoms with E-state index < -0.39 is 10.0 Å². The normalized spacial score (nSPS) is 19.1. The van der Waals surface area contributed by atoms with Crippen molar-refractivity contribution in [3.8, 4) is 5.75 Å². The zero-order chi connectivity index (χ0) is 14.4. The molecule has 1 fully saturated rings. The third-order valence-corrected chi connectivity index (χ3v) is 4.41. The molecule has 1 unspecified atom stereocenters. The monoisotopic (exact) mass is 300 g/mol. The van der Waals surface area contributed by atoms with Crippen LogP contribution in [0.1, 0.15) is 6.42 Å². The first-order chi connectivity index (χ1) is 9.55. The molecule has 0 amide bonds. The maximum absolute atomic E-state index is 11.8. The first-order valence-corrected chi connectivity index (χ1v) is 8.24. The van der Waals surface area contributed by atoms with E-state index in [1.54, 1.807) is 24.3 Å². The first kappa shape index (κ1) is 15.1. The Balaban J connectivity index is 1.71. The van der Waals surface area contributed by atoms with E-state index in [2.05, 4.69) is 4.72 Å². The van der Waals surface area contributed by atoms with Gasteiger partial charge in [-0.15, -0.1) is 0 Å². The highest BCUT2D eigenvalue weighted by Crippen LogP contribution is 2.14. The maximum atomic E-state index is 11.8. The molecule has 0 aliphatic carbocycles. The van der Waals surface area contributed by atoms with E-state index in [0.29, 0.717) is 31.2 Å². The highest BCUT2D eigenvalue weighted by Gasteiger charge is 2.18. The van der Waals surface area contributed by atoms with Crippen LogP contribution in [0, 0.1) is 5.92 Å². The smallest absolute Gasteiger partial charge is 0.214 e. The third-order valence-electron chi connectivity index (χ3n) is 3.09. The number of sulfonamides is 1. The minimum atomic E-state index is -3.31. The molecule has 1 aromatic carbocycles. The van der Waals surface area contributed by atoms with Crippen molar-refractivity contribution in [1.82, 2.24) is 4.72 Å². The van der Waals surface area contributed by atoms with Gasteiger partial charge in [-0.25, -0.2) is 13.1 Å². The molecule has 2 rings (SSSR count). The average Bonchev–Trinajstić information content (AvgIpc) is 2.89. The molecule has 0 saturated carbocycles. The molecule has 0 radical (unpaired) electrons. The molecule has 7 heteroatoms. The van der Waals surface area contributed by atoms with Crippen LogP contribution in [0.15, 0.2) is 24.3 Å². The summed E-state index contributed by atoms with van der Waals surface area (Å²) in [5, 5.41) is 0. The number of nitrogens with one attached hydrogen (secondary N) is 1. The first-order valence-electron chi connectivity index (χ1n) is 6.58. The SMILES string of the molecule is Nc1cccc(OCCS(=O)(=O)NCC2CCOC2)c1. The van der Waals surface area contributed by atoms with Gasteiger partial charge in [0.2, 0.25) is 10.0 Å². The Morgan fingerprint density at radius 3 is 3.00 bits per heavy atom. The molecule has 1 saturated heterocycles. The molecule has 6 nitrogen and oxygen atoms in total. The van der Waals surface area contributed by atoms with Gasteiger partial charge in [0.25, 0.3) is 0 Å². The lowest BCUT2D eigenvalue weighted by Crippen LogP contribution is -2.33. The van der Waals surface area contributed by atoms with E-state index >= 15 is 0 Å². The second-order valence-electron chi connectivity index (χ2n) is 4.82. The second kappa shape index (κ2) is 6.92. The third kappa shape index (κ3) is 4.99. The topological polar surface area (TPSA) is 90.7 Å². The summed E-state index contributed by atoms with van der Waals surface area (Å²) < 4.78 is 36.7. The second-order valence-corrected chi connectivity index (χ2v) is 6.74. The molecule has 0 bridgehead atoms. The fourth-order valence-corrected chi connectivity index (χ4v) is 2.87. The van der Waals surface area contributed by atoms with Gasteiger partial charge in [0, 0.05) is 24.9 Å². The van der Waals surface area contributed by atoms with E-state index in [4.69, 9.17) is 15.2 Å². The van der Waals surface area contributed by atoms with Gasteiger partial charge in [-0.1, -0.05) is 6.07 Å². The molecular weight excluding hydrogens is 280 g/mol. The Labute approximate surface area is 119 Å². The highest BCUT2D eigenvalue weighted by molar-refractivity contribution is 7.89. The molecule has 0 aromatic heterocycles. The minimum absolute atomic E-state index is 0.0740. The largest absolute Gasteiger partial charge is 0.492 e. The lowest BCUT2D eigenvalue weighted by atomic mass is 10.1. The molecule has 1 aliphatic rings. The molecule has 3 N–H and O–H groups in total. The number of anilines is 1. The Bertz CT molecular complexity index is 527. The predicted molar refractivity (Wildman–Crippen MR) is 77.1 cm³/mol. The number of hydrogen-bond acceptors (Lipinski definition) is 5. The zero-order valence-electron chi connectivity index (χ0n) is 11.2. The summed E-state index contributed by atoms with van der Waals surface area (Å²) >= 11 is 0. The van der Waals surface area contributed by atoms with Crippen molar-refractivity contribution in [3.05, 3.63) is 24.3 Å². The van der Waals surface area contributed by atoms with Gasteiger partial charge < -0.3 is 15.2 Å². The summed E-state index contributed by atoms with van der Waals surface area (Å²) in [7, 11) is -3.31. The molecule has 112 valence electrons. The number of rotatable bonds is 7. The molecule has 0 spiro atoms. The molecule has 1 atom stereocenters. The van der Waals surface area contributed by atoms with E-state index in [1.165, 1.54) is 0 Å². The summed E-state index contributed by atoms with van der Waals surface area (Å²) in [6.07, 6.45) is 0.905. The number of benzene rings is 1. The summed E-state index contributed by atoms with van der Waals surface area (Å²) in [6, 6.07) is 6.91. The highest BCUT2D eigenvalue weighted by atomic mass is 32.2. The molecular formula is C13H20N2O4S. The van der Waals surface area contributed by atoms with Crippen molar-refractivity contribution in [1.29, 1.82) is 0 Å². The van der Waals surface area contributed by atoms with Crippen LogP contribution in [0.25, 0.3) is 0 Å². The number of ether oxygens (including phenoxy) is 2. The Morgan fingerprint density at radius 1 is 1.45 bits per heavy atom. The van der Waals surface area contributed by atoms with Crippen LogP contribution in [0.5, 0.6) is 5.75 Å². The van der Waals surface area contributed by atoms with Crippen molar-refractivity contribution in [3.63, 3.8) is 0 Å². The van der Waals surface area contributed by atoms with Crippen LogP contribution in [0.4, 0.5) is 5.69 Å². The van der Waals surface area contributed by atoms with E-state index in [1.807, 2.05) is 0 Å². The van der Waals surface area contributed by atoms with Crippen molar-refractivity contribution >= 4 is 15.7 Å². The van der Waals surface area contributed by atoms with Crippen molar-refractivity contribution in [2.45, 2.75) is 6.42 Å². The summed E-state index contributed by atoms with van der Waals surface area (Å²) in [5.74, 6) is 0.777. The number of nitrogen functional groups attached to an aromatic ring is 1. The zero-order valence-corrected chi connectivity index (χ0v) is 12.1. The molecule has 1 aliphatic heterocycles. The van der Waals surface area contributed by atoms with Gasteiger partial charge in [0.1, 0.15) is 12.4 Å². The van der Waals surface area contributed by atoms with Crippen molar-refractivity contribution in [2.24, 2.45) is 5.92 Å². The molecule has 20 heavy (non-hydrogen) atoms. The van der Waals surface area contributed by atoms with Crippen LogP contribution in [-0.2, 0) is 14.8 Å². The lowest BCUT2D eigenvalue weighted by Gasteiger charge is -2.11. The quantitative estimate of drug-likeness (QED) is 0.720. The minimum Gasteiger partial charge on any atom is -0.492 e. The fourth-order valence-electron chi connectivity index (χ4n) is 1.93. The van der Waals surface area contributed by atoms with E-state index in [0.717, 1.165) is 6.42 Å². The van der Waals surface area contributed by atoms with Crippen LogP contribution in [0.3, 0.4) is 0 Å². The fraction of sp³-hybridized carbons (Fsp3) is 0.538. The standard InChI is InChI=1S/C13H20N2O4S/c14-12-2-1-3-13(8-12)19-6-7-20(16,17)15-9-11-4-5-18-10-11/h1-3,8,11,15H,4-7,9-10,14H2. The van der Waals surface area contributed by atoms with Gasteiger partial charge in [-0.3, -0.25) is 0 Å². The maximum Gasteiger partial charge on any atom is 0.214 e. The lowest BCUT2D eigenvalue weighted by molar-refractivity contribution is 0.186. The summed E-state index contributed by atoms with van der Waals surface area (Å²) in [4.78, 5) is 0. The van der Waals surface area contributed by atoms with Gasteiger partial charge in [0.05, 0.1) is 12.4 Å². The summed E-state index contributed by atoms with van der Waals surface area (Å²) in [5.41, 5.74) is 6.20. The van der Waals surface area contributed by atoms with Crippen LogP contribution in [0.2, 0.25) is 0 Å². The Morgan fingerprint density at radius 2 is 2.30 bits per heavy atom. The Hall–Kier alpha value is -1.31. The predicted octanol–water partition coefficient (Wildman–Crippen LogP) is 0.603. The molecule has 1 heterocycles. The van der Waals surface area contributed by atoms with Crippen LogP contribution >= 0.6 is 0 Å². The van der Waals surface area contributed by atoms with Gasteiger partial charge >= 0.3 is 0 Å². The van der Waals surface area contributed by atoms with Crippen LogP contribution < -0.4 is 15.2 Å². The van der Waals surface area contributed by atoms with Crippen molar-refractivity contribution < 1.29 is 17.9 Å². The van der Waals surface area contributed by atoms with Gasteiger partial charge in [-0.05, 0) is 24.5 Å². The number of hydrogen-bond donors (Lipinski definition) is 2. The van der Waals surface area contributed by atoms with Gasteiger partial charge in [-0.2, -0.15) is 0 Å². The average molecular weight is 300 g/mol. The Kier molecular flexibility index (Phi) is 5.22. The van der Waals surface area contributed by atoms with E-state index in [9.17, 15) is 8.42 Å². The van der Waals surface area contributed by atoms with E-state index in [-0.39, 0.29) is 18.3 Å². The molecule has 1 aromatic rings. The summed E-state index contributed by atoms with van der Waals surface area (Å²) in [6.45, 7) is 1.87.